The molecule has 2 aliphatic rings. The summed E-state index contributed by atoms with van der Waals surface area (Å²) in [5.74, 6) is -1.40. The molecule has 6 aromatic rings. The predicted molar refractivity (Wildman–Crippen MR) is 217 cm³/mol. The van der Waals surface area contributed by atoms with Crippen LogP contribution in [0, 0.1) is 11.8 Å². The Labute approximate surface area is 320 Å². The van der Waals surface area contributed by atoms with Gasteiger partial charge in [-0.1, -0.05) is 90.5 Å². The summed E-state index contributed by atoms with van der Waals surface area (Å²) in [6, 6.07) is 17.9. The molecule has 2 atom stereocenters. The van der Waals surface area contributed by atoms with E-state index >= 15 is 0 Å². The number of benzene rings is 5. The van der Waals surface area contributed by atoms with E-state index in [4.69, 9.17) is 0 Å². The maximum atomic E-state index is 14.5. The Morgan fingerprint density at radius 2 is 1.11 bits per heavy atom. The number of hydrogen-bond acceptors (Lipinski definition) is 6. The average molecular weight is 735 g/mol. The second kappa shape index (κ2) is 14.5. The summed E-state index contributed by atoms with van der Waals surface area (Å²) < 4.78 is 0. The molecule has 55 heavy (non-hydrogen) atoms. The van der Waals surface area contributed by atoms with Gasteiger partial charge >= 0.3 is 0 Å². The number of pyridine rings is 1. The first-order valence-electron chi connectivity index (χ1n) is 19.9. The number of imide groups is 2. The van der Waals surface area contributed by atoms with Gasteiger partial charge in [-0.2, -0.15) is 0 Å². The zero-order valence-corrected chi connectivity index (χ0v) is 32.0. The second-order valence-corrected chi connectivity index (χ2v) is 15.3. The molecule has 5 aromatic carbocycles. The van der Waals surface area contributed by atoms with E-state index in [-0.39, 0.29) is 41.2 Å². The Hall–Kier alpha value is -5.70. The molecule has 5 amide bonds. The Bertz CT molecular complexity index is 2520. The van der Waals surface area contributed by atoms with E-state index in [0.29, 0.717) is 68.0 Å². The Morgan fingerprint density at radius 1 is 0.600 bits per heavy atom. The average Bonchev–Trinajstić information content (AvgIpc) is 3.21. The van der Waals surface area contributed by atoms with Crippen LogP contribution in [0.4, 0.5) is 5.69 Å². The van der Waals surface area contributed by atoms with Crippen molar-refractivity contribution in [3.8, 4) is 0 Å². The number of anilines is 1. The van der Waals surface area contributed by atoms with Crippen LogP contribution in [0.25, 0.3) is 43.1 Å². The Kier molecular flexibility index (Phi) is 9.57. The largest absolute Gasteiger partial charge is 0.320 e. The highest BCUT2D eigenvalue weighted by Gasteiger charge is 2.38. The van der Waals surface area contributed by atoms with Crippen molar-refractivity contribution in [1.82, 2.24) is 14.8 Å². The van der Waals surface area contributed by atoms with Gasteiger partial charge in [0.1, 0.15) is 5.69 Å². The molecule has 1 N–H and O–H groups in total. The van der Waals surface area contributed by atoms with Crippen LogP contribution >= 0.6 is 0 Å². The first-order valence-corrected chi connectivity index (χ1v) is 19.9. The summed E-state index contributed by atoms with van der Waals surface area (Å²) in [5.41, 5.74) is 2.30. The number of hydrogen-bond donors (Lipinski definition) is 1. The first-order chi connectivity index (χ1) is 26.7. The minimum atomic E-state index is -0.453. The summed E-state index contributed by atoms with van der Waals surface area (Å²) >= 11 is 0. The third-order valence-electron chi connectivity index (χ3n) is 12.0. The highest BCUT2D eigenvalue weighted by Crippen LogP contribution is 2.49. The van der Waals surface area contributed by atoms with E-state index in [1.165, 1.54) is 9.80 Å². The van der Waals surface area contributed by atoms with Crippen LogP contribution in [0.15, 0.2) is 66.9 Å². The van der Waals surface area contributed by atoms with Crippen molar-refractivity contribution in [3.05, 3.63) is 94.8 Å². The molecule has 0 saturated heterocycles. The van der Waals surface area contributed by atoms with Crippen LogP contribution in [0.3, 0.4) is 0 Å². The van der Waals surface area contributed by atoms with Crippen LogP contribution in [-0.2, 0) is 0 Å². The lowest BCUT2D eigenvalue weighted by Gasteiger charge is -2.32. The lowest BCUT2D eigenvalue weighted by molar-refractivity contribution is 0.0565. The van der Waals surface area contributed by atoms with Gasteiger partial charge in [-0.05, 0) is 82.6 Å². The third-order valence-corrected chi connectivity index (χ3v) is 12.0. The van der Waals surface area contributed by atoms with E-state index in [1.54, 1.807) is 42.6 Å². The predicted octanol–water partition coefficient (Wildman–Crippen LogP) is 10.0. The maximum Gasteiger partial charge on any atom is 0.274 e. The Balaban J connectivity index is 1.36. The van der Waals surface area contributed by atoms with Crippen LogP contribution in [0.5, 0.6) is 0 Å². The van der Waals surface area contributed by atoms with Gasteiger partial charge in [0.25, 0.3) is 29.5 Å². The second-order valence-electron chi connectivity index (χ2n) is 15.3. The molecule has 0 aliphatic carbocycles. The number of amides is 5. The molecule has 2 unspecified atom stereocenters. The lowest BCUT2D eigenvalue weighted by Crippen LogP contribution is -2.43. The Morgan fingerprint density at radius 3 is 1.62 bits per heavy atom. The number of nitrogens with one attached hydrogen (secondary N) is 1. The van der Waals surface area contributed by atoms with Gasteiger partial charge in [-0.25, -0.2) is 0 Å². The van der Waals surface area contributed by atoms with Gasteiger partial charge in [0.2, 0.25) is 0 Å². The molecule has 9 heteroatoms. The number of aromatic nitrogens is 1. The van der Waals surface area contributed by atoms with E-state index in [9.17, 15) is 24.0 Å². The van der Waals surface area contributed by atoms with Gasteiger partial charge in [0.05, 0.1) is 11.3 Å². The summed E-state index contributed by atoms with van der Waals surface area (Å²) in [4.78, 5) is 78.1. The lowest BCUT2D eigenvalue weighted by atomic mass is 9.81. The molecule has 9 nitrogen and oxygen atoms in total. The van der Waals surface area contributed by atoms with Crippen LogP contribution in [-0.4, -0.2) is 57.4 Å². The zero-order chi connectivity index (χ0) is 38.5. The SMILES string of the molecule is CCCCC(CC)CN1C(=O)c2ccc3c4ccc5c6c(cc(NC(=O)c7ccccn7)c(c7ccc(c2c37)C1=O)c64)C(=O)N(CC(CC)CCCC)C5=O. The molecule has 2 aliphatic heterocycles. The fourth-order valence-electron chi connectivity index (χ4n) is 8.93. The molecule has 0 radical (unpaired) electrons. The standard InChI is InChI=1S/C46H46N4O5/c1-5-9-13-26(7-3)24-49-43(52)31-19-16-28-29-17-20-33-39-34(46(55)50(45(33)54)25-27(8-4)14-10-6-2)23-36(48-42(51)35-15-11-12-22-47-35)40(41(29)39)30-18-21-32(44(49)53)38(31)37(28)30/h11-12,15-23,26-27H,5-10,13-14,24-25H2,1-4H3,(H,48,51). The van der Waals surface area contributed by atoms with Crippen molar-refractivity contribution in [2.75, 3.05) is 18.4 Å². The molecule has 0 fully saturated rings. The molecule has 8 rings (SSSR count). The van der Waals surface area contributed by atoms with E-state index in [0.717, 1.165) is 67.5 Å². The van der Waals surface area contributed by atoms with Crippen molar-refractivity contribution < 1.29 is 24.0 Å². The number of fused-ring (bicyclic) bond motifs is 2. The van der Waals surface area contributed by atoms with Gasteiger partial charge in [-0.15, -0.1) is 0 Å². The van der Waals surface area contributed by atoms with E-state index in [2.05, 4.69) is 38.0 Å². The molecular weight excluding hydrogens is 689 g/mol. The first kappa shape index (κ1) is 36.3. The minimum absolute atomic E-state index is 0.169. The van der Waals surface area contributed by atoms with Crippen LogP contribution < -0.4 is 5.32 Å². The molecule has 1 aromatic heterocycles. The molecule has 0 bridgehead atoms. The summed E-state index contributed by atoms with van der Waals surface area (Å²) in [6.07, 6.45) is 9.25. The molecule has 3 heterocycles. The van der Waals surface area contributed by atoms with Crippen molar-refractivity contribution in [2.24, 2.45) is 11.8 Å². The normalized spacial score (nSPS) is 15.3. The number of carbonyl (C=O) groups is 5. The van der Waals surface area contributed by atoms with Crippen molar-refractivity contribution in [2.45, 2.75) is 79.1 Å². The topological polar surface area (TPSA) is 117 Å². The smallest absolute Gasteiger partial charge is 0.274 e. The fraction of sp³-hybridized carbons (Fsp3) is 0.348. The third kappa shape index (κ3) is 5.83. The van der Waals surface area contributed by atoms with E-state index < -0.39 is 5.91 Å². The number of carbonyl (C=O) groups excluding carboxylic acids is 5. The highest BCUT2D eigenvalue weighted by atomic mass is 16.2. The van der Waals surface area contributed by atoms with Crippen LogP contribution in [0.1, 0.15) is 131 Å². The van der Waals surface area contributed by atoms with Crippen molar-refractivity contribution in [1.29, 1.82) is 0 Å². The monoisotopic (exact) mass is 734 g/mol. The van der Waals surface area contributed by atoms with Gasteiger partial charge in [0.15, 0.2) is 0 Å². The fourth-order valence-corrected chi connectivity index (χ4v) is 8.93. The number of rotatable bonds is 14. The van der Waals surface area contributed by atoms with Gasteiger partial charge < -0.3 is 5.32 Å². The summed E-state index contributed by atoms with van der Waals surface area (Å²) in [6.45, 7) is 9.15. The number of unbranched alkanes of at least 4 members (excludes halogenated alkanes) is 2. The zero-order valence-electron chi connectivity index (χ0n) is 32.0. The van der Waals surface area contributed by atoms with E-state index in [1.807, 2.05) is 24.3 Å². The molecule has 280 valence electrons. The van der Waals surface area contributed by atoms with Gasteiger partial charge in [-0.3, -0.25) is 38.8 Å². The molecule has 0 saturated carbocycles. The summed E-state index contributed by atoms with van der Waals surface area (Å²) in [7, 11) is 0. The van der Waals surface area contributed by atoms with Crippen LogP contribution in [0.2, 0.25) is 0 Å². The minimum Gasteiger partial charge on any atom is -0.320 e. The molecule has 0 spiro atoms. The van der Waals surface area contributed by atoms with Crippen molar-refractivity contribution >= 4 is 78.3 Å². The van der Waals surface area contributed by atoms with Gasteiger partial charge in [0, 0.05) is 57.5 Å². The highest BCUT2D eigenvalue weighted by molar-refractivity contribution is 6.43. The molecular formula is C46H46N4O5. The quantitative estimate of drug-likeness (QED) is 0.0677. The number of nitrogens with zero attached hydrogens (tertiary/aromatic N) is 3. The maximum absolute atomic E-state index is 14.5. The summed E-state index contributed by atoms with van der Waals surface area (Å²) in [5, 5.41) is 8.51. The van der Waals surface area contributed by atoms with Crippen molar-refractivity contribution in [3.63, 3.8) is 0 Å².